The van der Waals surface area contributed by atoms with Crippen LogP contribution in [-0.2, 0) is 0 Å². The summed E-state index contributed by atoms with van der Waals surface area (Å²) < 4.78 is 0. The van der Waals surface area contributed by atoms with Gasteiger partial charge >= 0.3 is 0 Å². The Morgan fingerprint density at radius 1 is 1.08 bits per heavy atom. The summed E-state index contributed by atoms with van der Waals surface area (Å²) in [6.45, 7) is 0. The third-order valence-corrected chi connectivity index (χ3v) is 2.12. The molecule has 0 atom stereocenters. The summed E-state index contributed by atoms with van der Waals surface area (Å²) in [5, 5.41) is 20.6. The Balaban J connectivity index is 2.84. The zero-order valence-corrected chi connectivity index (χ0v) is 7.52. The van der Waals surface area contributed by atoms with Crippen molar-refractivity contribution in [1.82, 2.24) is 4.98 Å². The number of nitrogens with zero attached hydrogens (tertiary/aromatic N) is 3. The Bertz CT molecular complexity index is 319. The van der Waals surface area contributed by atoms with Gasteiger partial charge in [0.1, 0.15) is 10.8 Å². The monoisotopic (exact) mass is 193 g/mol. The van der Waals surface area contributed by atoms with Crippen molar-refractivity contribution in [3.05, 3.63) is 18.5 Å². The first kappa shape index (κ1) is 8.92. The van der Waals surface area contributed by atoms with Crippen LogP contribution in [0, 0.1) is 21.3 Å². The highest BCUT2D eigenvalue weighted by Gasteiger charge is 1.96. The average molecular weight is 193 g/mol. The van der Waals surface area contributed by atoms with E-state index in [4.69, 9.17) is 10.5 Å². The molecule has 0 aliphatic heterocycles. The predicted molar refractivity (Wildman–Crippen MR) is 47.2 cm³/mol. The molecule has 1 rings (SSSR count). The molecule has 1 aromatic rings. The van der Waals surface area contributed by atoms with E-state index in [0.29, 0.717) is 0 Å². The van der Waals surface area contributed by atoms with Gasteiger partial charge in [0, 0.05) is 22.2 Å². The normalized spacial score (nSPS) is 8.50. The number of hydrogen-bond acceptors (Lipinski definition) is 5. The first-order valence-corrected chi connectivity index (χ1v) is 4.57. The fraction of sp³-hybridized carbons (Fsp3) is 0. The van der Waals surface area contributed by atoms with Gasteiger partial charge in [-0.05, 0) is 29.6 Å². The zero-order chi connectivity index (χ0) is 8.81. The van der Waals surface area contributed by atoms with Crippen LogP contribution in [-0.4, -0.2) is 4.98 Å². The summed E-state index contributed by atoms with van der Waals surface area (Å²) in [7, 11) is 0. The summed E-state index contributed by atoms with van der Waals surface area (Å²) in [5.41, 5.74) is 0. The number of thioether (sulfide) groups is 2. The fourth-order valence-electron chi connectivity index (χ4n) is 0.616. The van der Waals surface area contributed by atoms with Gasteiger partial charge in [-0.25, -0.2) is 0 Å². The number of aromatic nitrogens is 1. The first-order chi connectivity index (χ1) is 5.86. The fourth-order valence-corrected chi connectivity index (χ4v) is 1.50. The molecule has 0 N–H and O–H groups in total. The molecule has 0 saturated heterocycles. The van der Waals surface area contributed by atoms with Crippen molar-refractivity contribution in [1.29, 1.82) is 10.5 Å². The van der Waals surface area contributed by atoms with Crippen LogP contribution in [0.15, 0.2) is 28.3 Å². The van der Waals surface area contributed by atoms with Gasteiger partial charge < -0.3 is 0 Å². The molecule has 0 bridgehead atoms. The van der Waals surface area contributed by atoms with Crippen molar-refractivity contribution in [2.24, 2.45) is 0 Å². The third-order valence-electron chi connectivity index (χ3n) is 1.02. The van der Waals surface area contributed by atoms with E-state index in [0.717, 1.165) is 33.3 Å². The smallest absolute Gasteiger partial charge is 0.138 e. The van der Waals surface area contributed by atoms with Crippen LogP contribution in [0.2, 0.25) is 0 Å². The molecular formula is C7H3N3S2. The first-order valence-electron chi connectivity index (χ1n) is 2.93. The molecular weight excluding hydrogens is 190 g/mol. The Morgan fingerprint density at radius 2 is 1.58 bits per heavy atom. The standard InChI is InChI=1S/C7H3N3S2/c8-4-11-6-1-7(12-5-9)3-10-2-6/h1-3H. The molecule has 0 radical (unpaired) electrons. The summed E-state index contributed by atoms with van der Waals surface area (Å²) >= 11 is 2.07. The number of pyridine rings is 1. The van der Waals surface area contributed by atoms with E-state index in [1.54, 1.807) is 18.5 Å². The molecule has 0 saturated carbocycles. The predicted octanol–water partition coefficient (Wildman–Crippen LogP) is 2.23. The summed E-state index contributed by atoms with van der Waals surface area (Å²) in [5.74, 6) is 0. The second kappa shape index (κ2) is 4.66. The largest absolute Gasteiger partial charge is 0.262 e. The highest BCUT2D eigenvalue weighted by Crippen LogP contribution is 2.21. The Kier molecular flexibility index (Phi) is 3.46. The van der Waals surface area contributed by atoms with Crippen LogP contribution >= 0.6 is 23.5 Å². The number of thiocyanates is 2. The van der Waals surface area contributed by atoms with Gasteiger partial charge in [0.15, 0.2) is 0 Å². The van der Waals surface area contributed by atoms with Crippen LogP contribution < -0.4 is 0 Å². The van der Waals surface area contributed by atoms with E-state index in [2.05, 4.69) is 4.98 Å². The van der Waals surface area contributed by atoms with Crippen LogP contribution in [0.5, 0.6) is 0 Å². The summed E-state index contributed by atoms with van der Waals surface area (Å²) in [6, 6.07) is 1.76. The lowest BCUT2D eigenvalue weighted by Gasteiger charge is -1.94. The third kappa shape index (κ3) is 2.46. The van der Waals surface area contributed by atoms with Crippen molar-refractivity contribution in [2.45, 2.75) is 9.79 Å². The molecule has 0 spiro atoms. The van der Waals surface area contributed by atoms with Gasteiger partial charge in [-0.15, -0.1) is 0 Å². The van der Waals surface area contributed by atoms with Crippen molar-refractivity contribution in [3.8, 4) is 10.8 Å². The van der Waals surface area contributed by atoms with Gasteiger partial charge in [-0.1, -0.05) is 0 Å². The number of rotatable bonds is 2. The molecule has 0 aromatic carbocycles. The molecule has 3 nitrogen and oxygen atoms in total. The van der Waals surface area contributed by atoms with Crippen LogP contribution in [0.4, 0.5) is 0 Å². The zero-order valence-electron chi connectivity index (χ0n) is 5.89. The van der Waals surface area contributed by atoms with E-state index in [-0.39, 0.29) is 0 Å². The van der Waals surface area contributed by atoms with Crippen LogP contribution in [0.1, 0.15) is 0 Å². The molecule has 1 heterocycles. The minimum atomic E-state index is 0.762. The van der Waals surface area contributed by atoms with Crippen molar-refractivity contribution >= 4 is 23.5 Å². The maximum atomic E-state index is 8.35. The lowest BCUT2D eigenvalue weighted by molar-refractivity contribution is 1.16. The summed E-state index contributed by atoms with van der Waals surface area (Å²) in [4.78, 5) is 5.40. The highest BCUT2D eigenvalue weighted by atomic mass is 32.2. The van der Waals surface area contributed by atoms with Crippen molar-refractivity contribution in [3.63, 3.8) is 0 Å². The van der Waals surface area contributed by atoms with Crippen molar-refractivity contribution in [2.75, 3.05) is 0 Å². The minimum absolute atomic E-state index is 0.762. The SMILES string of the molecule is N#CSc1cncc(SC#N)c1. The second-order valence-electron chi connectivity index (χ2n) is 1.74. The number of hydrogen-bond donors (Lipinski definition) is 0. The van der Waals surface area contributed by atoms with Gasteiger partial charge in [0.2, 0.25) is 0 Å². The molecule has 0 aliphatic rings. The van der Waals surface area contributed by atoms with E-state index in [1.165, 1.54) is 0 Å². The van der Waals surface area contributed by atoms with E-state index >= 15 is 0 Å². The molecule has 1 aromatic heterocycles. The number of nitriles is 2. The van der Waals surface area contributed by atoms with Crippen LogP contribution in [0.3, 0.4) is 0 Å². The second-order valence-corrected chi connectivity index (χ2v) is 3.46. The molecule has 0 unspecified atom stereocenters. The van der Waals surface area contributed by atoms with E-state index in [9.17, 15) is 0 Å². The highest BCUT2D eigenvalue weighted by molar-refractivity contribution is 8.04. The lowest BCUT2D eigenvalue weighted by Crippen LogP contribution is -1.75. The molecule has 0 amide bonds. The molecule has 0 aliphatic carbocycles. The lowest BCUT2D eigenvalue weighted by atomic mass is 10.5. The molecule has 58 valence electrons. The van der Waals surface area contributed by atoms with E-state index < -0.39 is 0 Å². The van der Waals surface area contributed by atoms with Gasteiger partial charge in [-0.2, -0.15) is 10.5 Å². The maximum Gasteiger partial charge on any atom is 0.138 e. The van der Waals surface area contributed by atoms with Gasteiger partial charge in [-0.3, -0.25) is 4.98 Å². The van der Waals surface area contributed by atoms with Crippen LogP contribution in [0.25, 0.3) is 0 Å². The van der Waals surface area contributed by atoms with E-state index in [1.807, 2.05) is 10.8 Å². The Labute approximate surface area is 78.4 Å². The van der Waals surface area contributed by atoms with Gasteiger partial charge in [0.25, 0.3) is 0 Å². The summed E-state index contributed by atoms with van der Waals surface area (Å²) in [6.07, 6.45) is 3.19. The molecule has 5 heteroatoms. The quantitative estimate of drug-likeness (QED) is 0.532. The maximum absolute atomic E-state index is 8.35. The topological polar surface area (TPSA) is 60.5 Å². The Hall–Kier alpha value is -1.17. The van der Waals surface area contributed by atoms with Crippen molar-refractivity contribution < 1.29 is 0 Å². The Morgan fingerprint density at radius 3 is 2.00 bits per heavy atom. The average Bonchev–Trinajstić information content (AvgIpc) is 2.06. The molecule has 12 heavy (non-hydrogen) atoms. The minimum Gasteiger partial charge on any atom is -0.262 e. The van der Waals surface area contributed by atoms with Gasteiger partial charge in [0.05, 0.1) is 0 Å². The molecule has 0 fully saturated rings.